The summed E-state index contributed by atoms with van der Waals surface area (Å²) in [5.41, 5.74) is 0. The van der Waals surface area contributed by atoms with Gasteiger partial charge in [0, 0.05) is 19.6 Å². The predicted molar refractivity (Wildman–Crippen MR) is 70.0 cm³/mol. The van der Waals surface area contributed by atoms with Crippen molar-refractivity contribution in [2.45, 2.75) is 59.3 Å². The van der Waals surface area contributed by atoms with Gasteiger partial charge in [0.05, 0.1) is 6.61 Å². The van der Waals surface area contributed by atoms with Gasteiger partial charge in [-0.05, 0) is 32.1 Å². The molecule has 0 aliphatic heterocycles. The fraction of sp³-hybridized carbons (Fsp3) is 0.929. The first kappa shape index (κ1) is 16.4. The molecule has 102 valence electrons. The van der Waals surface area contributed by atoms with Gasteiger partial charge in [-0.1, -0.05) is 26.7 Å². The lowest BCUT2D eigenvalue weighted by atomic mass is 10.1. The summed E-state index contributed by atoms with van der Waals surface area (Å²) in [5.74, 6) is 0.423. The van der Waals surface area contributed by atoms with E-state index in [4.69, 9.17) is 9.47 Å². The lowest BCUT2D eigenvalue weighted by Gasteiger charge is -2.11. The average molecular weight is 244 g/mol. The number of hydrogen-bond donors (Lipinski definition) is 0. The Balaban J connectivity index is 3.33. The Morgan fingerprint density at radius 1 is 1.18 bits per heavy atom. The lowest BCUT2D eigenvalue weighted by Crippen LogP contribution is -2.12. The molecule has 0 aromatic carbocycles. The third-order valence-electron chi connectivity index (χ3n) is 2.70. The van der Waals surface area contributed by atoms with E-state index < -0.39 is 0 Å². The third kappa shape index (κ3) is 11.7. The number of hydrogen-bond acceptors (Lipinski definition) is 3. The van der Waals surface area contributed by atoms with Crippen molar-refractivity contribution >= 4 is 5.97 Å². The Labute approximate surface area is 106 Å². The zero-order chi connectivity index (χ0) is 12.9. The van der Waals surface area contributed by atoms with Crippen molar-refractivity contribution in [3.8, 4) is 0 Å². The summed E-state index contributed by atoms with van der Waals surface area (Å²) in [6, 6.07) is 0. The second-order valence-corrected chi connectivity index (χ2v) is 4.58. The summed E-state index contributed by atoms with van der Waals surface area (Å²) >= 11 is 0. The highest BCUT2D eigenvalue weighted by Gasteiger charge is 2.06. The quantitative estimate of drug-likeness (QED) is 0.412. The highest BCUT2D eigenvalue weighted by Crippen LogP contribution is 2.08. The van der Waals surface area contributed by atoms with Crippen LogP contribution in [0.15, 0.2) is 0 Å². The summed E-state index contributed by atoms with van der Waals surface area (Å²) in [5, 5.41) is 0. The highest BCUT2D eigenvalue weighted by atomic mass is 16.5. The van der Waals surface area contributed by atoms with Gasteiger partial charge in [0.25, 0.3) is 0 Å². The molecule has 0 saturated heterocycles. The van der Waals surface area contributed by atoms with E-state index in [0.29, 0.717) is 18.9 Å². The second kappa shape index (κ2) is 11.9. The van der Waals surface area contributed by atoms with Crippen molar-refractivity contribution in [3.63, 3.8) is 0 Å². The van der Waals surface area contributed by atoms with E-state index in [0.717, 1.165) is 32.5 Å². The molecule has 0 rings (SSSR count). The monoisotopic (exact) mass is 244 g/mol. The molecule has 0 N–H and O–H groups in total. The molecule has 0 aliphatic carbocycles. The van der Waals surface area contributed by atoms with E-state index in [9.17, 15) is 4.79 Å². The van der Waals surface area contributed by atoms with Gasteiger partial charge in [-0.25, -0.2) is 0 Å². The first-order chi connectivity index (χ1) is 8.20. The van der Waals surface area contributed by atoms with Crippen molar-refractivity contribution in [2.75, 3.05) is 19.8 Å². The topological polar surface area (TPSA) is 35.5 Å². The Bertz CT molecular complexity index is 180. The molecule has 3 nitrogen and oxygen atoms in total. The van der Waals surface area contributed by atoms with E-state index in [1.165, 1.54) is 12.8 Å². The normalized spacial score (nSPS) is 12.4. The molecule has 0 radical (unpaired) electrons. The van der Waals surface area contributed by atoms with Gasteiger partial charge in [-0.15, -0.1) is 0 Å². The molecule has 3 heteroatoms. The minimum absolute atomic E-state index is 0.0650. The van der Waals surface area contributed by atoms with E-state index in [1.54, 1.807) is 0 Å². The van der Waals surface area contributed by atoms with E-state index in [-0.39, 0.29) is 5.97 Å². The molecule has 0 aromatic heterocycles. The minimum Gasteiger partial charge on any atom is -0.465 e. The second-order valence-electron chi connectivity index (χ2n) is 4.58. The van der Waals surface area contributed by atoms with Crippen LogP contribution in [0.25, 0.3) is 0 Å². The van der Waals surface area contributed by atoms with Gasteiger partial charge in [-0.3, -0.25) is 4.79 Å². The SMILES string of the molecule is CCCCC(C)COC(=O)CCCCOCC. The molecule has 0 amide bonds. The van der Waals surface area contributed by atoms with Crippen molar-refractivity contribution < 1.29 is 14.3 Å². The standard InChI is InChI=1S/C14H28O3/c1-4-6-9-13(3)12-17-14(15)10-7-8-11-16-5-2/h13H,4-12H2,1-3H3. The Hall–Kier alpha value is -0.570. The molecule has 17 heavy (non-hydrogen) atoms. The molecule has 0 saturated carbocycles. The molecule has 0 aliphatic rings. The van der Waals surface area contributed by atoms with Crippen molar-refractivity contribution in [3.05, 3.63) is 0 Å². The smallest absolute Gasteiger partial charge is 0.305 e. The first-order valence-electron chi connectivity index (χ1n) is 6.94. The maximum absolute atomic E-state index is 11.4. The molecular formula is C14H28O3. The van der Waals surface area contributed by atoms with Crippen molar-refractivity contribution in [2.24, 2.45) is 5.92 Å². The zero-order valence-electron chi connectivity index (χ0n) is 11.7. The summed E-state index contributed by atoms with van der Waals surface area (Å²) < 4.78 is 10.4. The number of carbonyl (C=O) groups is 1. The van der Waals surface area contributed by atoms with Gasteiger partial charge < -0.3 is 9.47 Å². The van der Waals surface area contributed by atoms with Gasteiger partial charge in [0.1, 0.15) is 0 Å². The summed E-state index contributed by atoms with van der Waals surface area (Å²) in [6.07, 6.45) is 5.89. The Morgan fingerprint density at radius 2 is 1.94 bits per heavy atom. The van der Waals surface area contributed by atoms with Crippen LogP contribution >= 0.6 is 0 Å². The van der Waals surface area contributed by atoms with Crippen LogP contribution in [0.3, 0.4) is 0 Å². The summed E-state index contributed by atoms with van der Waals surface area (Å²) in [7, 11) is 0. The van der Waals surface area contributed by atoms with Crippen LogP contribution in [0.2, 0.25) is 0 Å². The number of ether oxygens (including phenoxy) is 2. The van der Waals surface area contributed by atoms with Crippen LogP contribution < -0.4 is 0 Å². The number of rotatable bonds is 11. The molecule has 0 spiro atoms. The van der Waals surface area contributed by atoms with Gasteiger partial charge in [0.15, 0.2) is 0 Å². The number of carbonyl (C=O) groups excluding carboxylic acids is 1. The van der Waals surface area contributed by atoms with Crippen LogP contribution in [-0.2, 0) is 14.3 Å². The largest absolute Gasteiger partial charge is 0.465 e. The Kier molecular flexibility index (Phi) is 11.5. The van der Waals surface area contributed by atoms with E-state index >= 15 is 0 Å². The molecule has 0 fully saturated rings. The number of unbranched alkanes of at least 4 members (excludes halogenated alkanes) is 2. The fourth-order valence-electron chi connectivity index (χ4n) is 1.56. The van der Waals surface area contributed by atoms with Crippen LogP contribution in [-0.4, -0.2) is 25.8 Å². The average Bonchev–Trinajstić information content (AvgIpc) is 2.33. The molecule has 0 aromatic rings. The highest BCUT2D eigenvalue weighted by molar-refractivity contribution is 5.69. The van der Waals surface area contributed by atoms with E-state index in [1.807, 2.05) is 6.92 Å². The maximum atomic E-state index is 11.4. The van der Waals surface area contributed by atoms with Crippen molar-refractivity contribution in [1.82, 2.24) is 0 Å². The molecule has 1 unspecified atom stereocenters. The molecule has 0 bridgehead atoms. The van der Waals surface area contributed by atoms with Crippen LogP contribution in [0.1, 0.15) is 59.3 Å². The fourth-order valence-corrected chi connectivity index (χ4v) is 1.56. The maximum Gasteiger partial charge on any atom is 0.305 e. The van der Waals surface area contributed by atoms with Gasteiger partial charge in [0.2, 0.25) is 0 Å². The third-order valence-corrected chi connectivity index (χ3v) is 2.70. The minimum atomic E-state index is -0.0650. The Morgan fingerprint density at radius 3 is 2.59 bits per heavy atom. The summed E-state index contributed by atoms with van der Waals surface area (Å²) in [6.45, 7) is 8.36. The first-order valence-corrected chi connectivity index (χ1v) is 6.94. The predicted octanol–water partition coefficient (Wildman–Crippen LogP) is 3.56. The van der Waals surface area contributed by atoms with Crippen molar-refractivity contribution in [1.29, 1.82) is 0 Å². The molecule has 1 atom stereocenters. The zero-order valence-corrected chi connectivity index (χ0v) is 11.7. The van der Waals surface area contributed by atoms with Gasteiger partial charge in [-0.2, -0.15) is 0 Å². The van der Waals surface area contributed by atoms with Crippen LogP contribution in [0, 0.1) is 5.92 Å². The van der Waals surface area contributed by atoms with E-state index in [2.05, 4.69) is 13.8 Å². The van der Waals surface area contributed by atoms with Gasteiger partial charge >= 0.3 is 5.97 Å². The molecule has 0 heterocycles. The van der Waals surface area contributed by atoms with Crippen LogP contribution in [0.5, 0.6) is 0 Å². The lowest BCUT2D eigenvalue weighted by molar-refractivity contribution is -0.145. The van der Waals surface area contributed by atoms with Crippen LogP contribution in [0.4, 0.5) is 0 Å². The molecular weight excluding hydrogens is 216 g/mol. The summed E-state index contributed by atoms with van der Waals surface area (Å²) in [4.78, 5) is 11.4. The number of esters is 1.